The number of methoxy groups -OCH3 is 1. The molecule has 0 spiro atoms. The second kappa shape index (κ2) is 5.14. The molecule has 2 aromatic rings. The molecule has 2 heteroatoms. The van der Waals surface area contributed by atoms with Gasteiger partial charge in [-0.1, -0.05) is 31.2 Å². The number of fused-ring (bicyclic) bond motifs is 5. The summed E-state index contributed by atoms with van der Waals surface area (Å²) in [6.45, 7) is 9.03. The van der Waals surface area contributed by atoms with Gasteiger partial charge in [0.05, 0.1) is 12.6 Å². The lowest BCUT2D eigenvalue weighted by Gasteiger charge is -2.36. The van der Waals surface area contributed by atoms with Crippen LogP contribution < -0.4 is 10.1 Å². The van der Waals surface area contributed by atoms with Gasteiger partial charge in [0, 0.05) is 16.8 Å². The monoisotopic (exact) mass is 319 g/mol. The Kier molecular flexibility index (Phi) is 3.28. The van der Waals surface area contributed by atoms with Gasteiger partial charge in [-0.05, 0) is 67.5 Å². The van der Waals surface area contributed by atoms with Crippen molar-refractivity contribution in [1.29, 1.82) is 0 Å². The highest BCUT2D eigenvalue weighted by molar-refractivity contribution is 5.90. The molecule has 0 saturated heterocycles. The van der Waals surface area contributed by atoms with Crippen molar-refractivity contribution in [1.82, 2.24) is 0 Å². The first-order chi connectivity index (χ1) is 11.4. The zero-order chi connectivity index (χ0) is 17.1. The summed E-state index contributed by atoms with van der Waals surface area (Å²) in [7, 11) is 1.76. The largest absolute Gasteiger partial charge is 0.496 e. The number of hydrogen-bond donors (Lipinski definition) is 1. The summed E-state index contributed by atoms with van der Waals surface area (Å²) in [6, 6.07) is 10.9. The summed E-state index contributed by atoms with van der Waals surface area (Å²) in [4.78, 5) is 0. The molecule has 2 aromatic carbocycles. The third-order valence-corrected chi connectivity index (χ3v) is 5.29. The molecule has 0 fully saturated rings. The van der Waals surface area contributed by atoms with Crippen LogP contribution in [-0.2, 0) is 6.42 Å². The van der Waals surface area contributed by atoms with Crippen molar-refractivity contribution in [3.05, 3.63) is 53.1 Å². The van der Waals surface area contributed by atoms with E-state index >= 15 is 0 Å². The molecule has 0 bridgehead atoms. The minimum atomic E-state index is -0.00117. The van der Waals surface area contributed by atoms with Crippen molar-refractivity contribution in [3.63, 3.8) is 0 Å². The summed E-state index contributed by atoms with van der Waals surface area (Å²) in [5.41, 5.74) is 9.46. The van der Waals surface area contributed by atoms with Crippen molar-refractivity contribution < 1.29 is 4.74 Å². The van der Waals surface area contributed by atoms with Gasteiger partial charge in [0.1, 0.15) is 5.75 Å². The highest BCUT2D eigenvalue weighted by atomic mass is 16.5. The van der Waals surface area contributed by atoms with E-state index in [9.17, 15) is 0 Å². The maximum Gasteiger partial charge on any atom is 0.126 e. The quantitative estimate of drug-likeness (QED) is 0.735. The molecule has 2 nitrogen and oxygen atoms in total. The number of benzene rings is 2. The van der Waals surface area contributed by atoms with Crippen LogP contribution in [0.3, 0.4) is 0 Å². The van der Waals surface area contributed by atoms with Crippen LogP contribution in [-0.4, -0.2) is 12.6 Å². The molecule has 0 saturated carbocycles. The Labute approximate surface area is 144 Å². The summed E-state index contributed by atoms with van der Waals surface area (Å²) in [5, 5.41) is 3.68. The summed E-state index contributed by atoms with van der Waals surface area (Å²) in [6.07, 6.45) is 3.41. The van der Waals surface area contributed by atoms with Gasteiger partial charge >= 0.3 is 0 Å². The fourth-order valence-electron chi connectivity index (χ4n) is 4.53. The Bertz CT molecular complexity index is 861. The number of anilines is 1. The molecule has 0 amide bonds. The zero-order valence-electron chi connectivity index (χ0n) is 15.2. The molecule has 0 aromatic heterocycles. The lowest BCUT2D eigenvalue weighted by atomic mass is 9.74. The molecule has 24 heavy (non-hydrogen) atoms. The average Bonchev–Trinajstić information content (AvgIpc) is 2.52. The molecule has 1 unspecified atom stereocenters. The predicted octanol–water partition coefficient (Wildman–Crippen LogP) is 5.63. The first kappa shape index (κ1) is 15.3. The first-order valence-corrected chi connectivity index (χ1v) is 8.72. The van der Waals surface area contributed by atoms with Crippen LogP contribution in [0.5, 0.6) is 5.75 Å². The molecule has 1 aliphatic heterocycles. The summed E-state index contributed by atoms with van der Waals surface area (Å²) < 4.78 is 5.68. The van der Waals surface area contributed by atoms with E-state index in [1.165, 1.54) is 39.1 Å². The smallest absolute Gasteiger partial charge is 0.126 e. The number of rotatable bonds is 1. The standard InChI is InChI=1S/C22H25NO/c1-13-11-15-7-6-8-18(24-5)21(15)16-9-10-17-20(19(13)16)14(2)12-22(3,4)23-17/h6-10,12-13,23H,11H2,1-5H3. The molecule has 2 aliphatic rings. The van der Waals surface area contributed by atoms with E-state index in [0.717, 1.165) is 12.2 Å². The lowest BCUT2D eigenvalue weighted by Crippen LogP contribution is -2.32. The summed E-state index contributed by atoms with van der Waals surface area (Å²) >= 11 is 0. The molecular formula is C22H25NO. The Morgan fingerprint density at radius 1 is 1.12 bits per heavy atom. The number of ether oxygens (including phenoxy) is 1. The zero-order valence-corrected chi connectivity index (χ0v) is 15.2. The molecule has 1 heterocycles. The SMILES string of the molecule is COc1cccc2c1-c1ccc3c(c1C(C)C2)C(C)=CC(C)(C)N3. The summed E-state index contributed by atoms with van der Waals surface area (Å²) in [5.74, 6) is 1.48. The molecular weight excluding hydrogens is 294 g/mol. The van der Waals surface area contributed by atoms with Crippen LogP contribution >= 0.6 is 0 Å². The van der Waals surface area contributed by atoms with Gasteiger partial charge < -0.3 is 10.1 Å². The minimum absolute atomic E-state index is 0.00117. The topological polar surface area (TPSA) is 21.3 Å². The van der Waals surface area contributed by atoms with E-state index in [4.69, 9.17) is 4.74 Å². The van der Waals surface area contributed by atoms with Gasteiger partial charge in [0.2, 0.25) is 0 Å². The fourth-order valence-corrected chi connectivity index (χ4v) is 4.53. The Morgan fingerprint density at radius 3 is 2.67 bits per heavy atom. The van der Waals surface area contributed by atoms with Crippen molar-refractivity contribution in [3.8, 4) is 16.9 Å². The first-order valence-electron chi connectivity index (χ1n) is 8.72. The van der Waals surface area contributed by atoms with Crippen molar-refractivity contribution in [2.45, 2.75) is 45.6 Å². The van der Waals surface area contributed by atoms with Crippen molar-refractivity contribution in [2.24, 2.45) is 0 Å². The second-order valence-electron chi connectivity index (χ2n) is 7.72. The molecule has 0 radical (unpaired) electrons. The normalized spacial score (nSPS) is 20.2. The van der Waals surface area contributed by atoms with Gasteiger partial charge in [-0.2, -0.15) is 0 Å². The molecule has 4 rings (SSSR count). The third kappa shape index (κ3) is 2.16. The Morgan fingerprint density at radius 2 is 1.92 bits per heavy atom. The van der Waals surface area contributed by atoms with Gasteiger partial charge in [0.25, 0.3) is 0 Å². The highest BCUT2D eigenvalue weighted by Crippen LogP contribution is 2.49. The minimum Gasteiger partial charge on any atom is -0.496 e. The Balaban J connectivity index is 2.02. The van der Waals surface area contributed by atoms with E-state index < -0.39 is 0 Å². The third-order valence-electron chi connectivity index (χ3n) is 5.29. The van der Waals surface area contributed by atoms with E-state index in [0.29, 0.717) is 5.92 Å². The molecule has 1 aliphatic carbocycles. The van der Waals surface area contributed by atoms with Crippen molar-refractivity contribution in [2.75, 3.05) is 12.4 Å². The average molecular weight is 319 g/mol. The number of allylic oxidation sites excluding steroid dienone is 1. The Hall–Kier alpha value is -2.22. The molecule has 1 atom stereocenters. The fraction of sp³-hybridized carbons (Fsp3) is 0.364. The molecule has 1 N–H and O–H groups in total. The van der Waals surface area contributed by atoms with Crippen LogP contribution in [0.4, 0.5) is 5.69 Å². The van der Waals surface area contributed by atoms with E-state index in [1.807, 2.05) is 0 Å². The second-order valence-corrected chi connectivity index (χ2v) is 7.72. The predicted molar refractivity (Wildman–Crippen MR) is 102 cm³/mol. The van der Waals surface area contributed by atoms with Crippen LogP contribution in [0.25, 0.3) is 16.7 Å². The van der Waals surface area contributed by atoms with Gasteiger partial charge in [-0.3, -0.25) is 0 Å². The van der Waals surface area contributed by atoms with Crippen molar-refractivity contribution >= 4 is 11.3 Å². The number of hydrogen-bond acceptors (Lipinski definition) is 2. The van der Waals surface area contributed by atoms with E-state index in [2.05, 4.69) is 69.4 Å². The van der Waals surface area contributed by atoms with Gasteiger partial charge in [-0.15, -0.1) is 0 Å². The maximum absolute atomic E-state index is 5.68. The van der Waals surface area contributed by atoms with Crippen LogP contribution in [0.1, 0.15) is 50.3 Å². The lowest BCUT2D eigenvalue weighted by molar-refractivity contribution is 0.415. The molecule has 124 valence electrons. The van der Waals surface area contributed by atoms with Crippen LogP contribution in [0.15, 0.2) is 36.4 Å². The van der Waals surface area contributed by atoms with Crippen LogP contribution in [0.2, 0.25) is 0 Å². The van der Waals surface area contributed by atoms with E-state index in [-0.39, 0.29) is 5.54 Å². The van der Waals surface area contributed by atoms with Gasteiger partial charge in [-0.25, -0.2) is 0 Å². The highest BCUT2D eigenvalue weighted by Gasteiger charge is 2.31. The van der Waals surface area contributed by atoms with Crippen LogP contribution in [0, 0.1) is 0 Å². The maximum atomic E-state index is 5.68. The number of nitrogens with one attached hydrogen (secondary N) is 1. The van der Waals surface area contributed by atoms with Gasteiger partial charge in [0.15, 0.2) is 0 Å². The van der Waals surface area contributed by atoms with E-state index in [1.54, 1.807) is 7.11 Å².